The van der Waals surface area contributed by atoms with Gasteiger partial charge in [0.05, 0.1) is 6.61 Å². The Kier molecular flexibility index (Phi) is 5.40. The first kappa shape index (κ1) is 16.4. The molecule has 0 spiro atoms. The van der Waals surface area contributed by atoms with Crippen molar-refractivity contribution >= 4 is 5.91 Å². The molecule has 1 aliphatic rings. The van der Waals surface area contributed by atoms with E-state index in [0.29, 0.717) is 19.0 Å². The van der Waals surface area contributed by atoms with E-state index in [2.05, 4.69) is 21.3 Å². The van der Waals surface area contributed by atoms with Gasteiger partial charge in [-0.05, 0) is 23.8 Å². The molecule has 3 rings (SSSR count). The molecule has 126 valence electrons. The maximum Gasteiger partial charge on any atom is 0.250 e. The summed E-state index contributed by atoms with van der Waals surface area (Å²) in [4.78, 5) is 18.1. The number of carbonyl (C=O) groups is 1. The van der Waals surface area contributed by atoms with Crippen LogP contribution in [0.1, 0.15) is 5.56 Å². The SMILES string of the molecule is CNC(=O)C1CN(Cc2cccc(Oc3ccccn3)c2)CCO1. The first-order chi connectivity index (χ1) is 11.7. The van der Waals surface area contributed by atoms with Crippen LogP contribution in [0.2, 0.25) is 0 Å². The van der Waals surface area contributed by atoms with Crippen LogP contribution < -0.4 is 10.1 Å². The van der Waals surface area contributed by atoms with E-state index in [9.17, 15) is 4.79 Å². The van der Waals surface area contributed by atoms with E-state index in [0.717, 1.165) is 24.4 Å². The molecule has 6 heteroatoms. The van der Waals surface area contributed by atoms with Crippen LogP contribution in [0.5, 0.6) is 11.6 Å². The minimum atomic E-state index is -0.406. The molecule has 1 aromatic heterocycles. The highest BCUT2D eigenvalue weighted by Crippen LogP contribution is 2.21. The Labute approximate surface area is 141 Å². The van der Waals surface area contributed by atoms with Crippen molar-refractivity contribution in [2.75, 3.05) is 26.7 Å². The summed E-state index contributed by atoms with van der Waals surface area (Å²) < 4.78 is 11.3. The number of ether oxygens (including phenoxy) is 2. The lowest BCUT2D eigenvalue weighted by atomic mass is 10.1. The van der Waals surface area contributed by atoms with E-state index in [1.165, 1.54) is 0 Å². The molecular formula is C18H21N3O3. The molecule has 0 aliphatic carbocycles. The maximum absolute atomic E-state index is 11.7. The first-order valence-electron chi connectivity index (χ1n) is 7.98. The maximum atomic E-state index is 11.7. The second kappa shape index (κ2) is 7.90. The van der Waals surface area contributed by atoms with Crippen LogP contribution in [0.3, 0.4) is 0 Å². The number of aromatic nitrogens is 1. The van der Waals surface area contributed by atoms with E-state index in [-0.39, 0.29) is 5.91 Å². The van der Waals surface area contributed by atoms with Crippen molar-refractivity contribution in [2.45, 2.75) is 12.6 Å². The van der Waals surface area contributed by atoms with E-state index < -0.39 is 6.10 Å². The summed E-state index contributed by atoms with van der Waals surface area (Å²) in [5.74, 6) is 1.25. The third kappa shape index (κ3) is 4.31. The lowest BCUT2D eigenvalue weighted by Crippen LogP contribution is -2.48. The molecule has 1 atom stereocenters. The lowest BCUT2D eigenvalue weighted by Gasteiger charge is -2.31. The Balaban J connectivity index is 1.63. The monoisotopic (exact) mass is 327 g/mol. The van der Waals surface area contributed by atoms with Crippen molar-refractivity contribution in [2.24, 2.45) is 0 Å². The predicted molar refractivity (Wildman–Crippen MR) is 89.8 cm³/mol. The Morgan fingerprint density at radius 2 is 2.29 bits per heavy atom. The predicted octanol–water partition coefficient (Wildman–Crippen LogP) is 1.82. The molecule has 1 unspecified atom stereocenters. The van der Waals surface area contributed by atoms with E-state index in [1.807, 2.05) is 36.4 Å². The van der Waals surface area contributed by atoms with Gasteiger partial charge in [-0.3, -0.25) is 9.69 Å². The highest BCUT2D eigenvalue weighted by molar-refractivity contribution is 5.80. The van der Waals surface area contributed by atoms with Crippen LogP contribution in [0.4, 0.5) is 0 Å². The number of pyridine rings is 1. The molecule has 1 N–H and O–H groups in total. The van der Waals surface area contributed by atoms with E-state index >= 15 is 0 Å². The second-order valence-electron chi connectivity index (χ2n) is 5.63. The standard InChI is InChI=1S/C18H21N3O3/c1-19-18(22)16-13-21(9-10-23-16)12-14-5-4-6-15(11-14)24-17-7-2-3-8-20-17/h2-8,11,16H,9-10,12-13H2,1H3,(H,19,22). The van der Waals surface area contributed by atoms with Gasteiger partial charge < -0.3 is 14.8 Å². The van der Waals surface area contributed by atoms with Gasteiger partial charge in [0.15, 0.2) is 0 Å². The number of nitrogens with zero attached hydrogens (tertiary/aromatic N) is 2. The van der Waals surface area contributed by atoms with E-state index in [4.69, 9.17) is 9.47 Å². The van der Waals surface area contributed by atoms with Crippen LogP contribution in [-0.4, -0.2) is 48.6 Å². The molecule has 2 aromatic rings. The lowest BCUT2D eigenvalue weighted by molar-refractivity contribution is -0.138. The third-order valence-corrected chi connectivity index (χ3v) is 3.85. The second-order valence-corrected chi connectivity index (χ2v) is 5.63. The molecule has 1 aliphatic heterocycles. The molecule has 0 radical (unpaired) electrons. The van der Waals surface area contributed by atoms with Crippen LogP contribution in [-0.2, 0) is 16.1 Å². The van der Waals surface area contributed by atoms with Crippen molar-refractivity contribution in [1.82, 2.24) is 15.2 Å². The van der Waals surface area contributed by atoms with Crippen molar-refractivity contribution in [3.8, 4) is 11.6 Å². The zero-order chi connectivity index (χ0) is 16.8. The Morgan fingerprint density at radius 3 is 3.08 bits per heavy atom. The fourth-order valence-electron chi connectivity index (χ4n) is 2.66. The van der Waals surface area contributed by atoms with Gasteiger partial charge in [-0.1, -0.05) is 18.2 Å². The van der Waals surface area contributed by atoms with Gasteiger partial charge in [0.1, 0.15) is 11.9 Å². The summed E-state index contributed by atoms with van der Waals surface area (Å²) in [6.07, 6.45) is 1.29. The Hall–Kier alpha value is -2.44. The van der Waals surface area contributed by atoms with Crippen molar-refractivity contribution in [1.29, 1.82) is 0 Å². The molecule has 1 fully saturated rings. The van der Waals surface area contributed by atoms with Crippen molar-refractivity contribution in [3.63, 3.8) is 0 Å². The normalized spacial score (nSPS) is 18.1. The summed E-state index contributed by atoms with van der Waals surface area (Å²) in [6, 6.07) is 13.5. The number of hydrogen-bond donors (Lipinski definition) is 1. The zero-order valence-corrected chi connectivity index (χ0v) is 13.6. The van der Waals surface area contributed by atoms with Gasteiger partial charge in [-0.2, -0.15) is 0 Å². The Bertz CT molecular complexity index is 678. The molecule has 1 saturated heterocycles. The average molecular weight is 327 g/mol. The zero-order valence-electron chi connectivity index (χ0n) is 13.6. The number of benzene rings is 1. The van der Waals surface area contributed by atoms with Gasteiger partial charge in [0.2, 0.25) is 11.8 Å². The molecule has 24 heavy (non-hydrogen) atoms. The quantitative estimate of drug-likeness (QED) is 0.907. The average Bonchev–Trinajstić information content (AvgIpc) is 2.62. The molecule has 6 nitrogen and oxygen atoms in total. The van der Waals surface area contributed by atoms with Crippen LogP contribution in [0, 0.1) is 0 Å². The van der Waals surface area contributed by atoms with Gasteiger partial charge in [0, 0.05) is 38.9 Å². The number of nitrogens with one attached hydrogen (secondary N) is 1. The summed E-state index contributed by atoms with van der Waals surface area (Å²) in [5, 5.41) is 2.64. The third-order valence-electron chi connectivity index (χ3n) is 3.85. The molecule has 1 amide bonds. The van der Waals surface area contributed by atoms with Gasteiger partial charge in [-0.25, -0.2) is 4.98 Å². The topological polar surface area (TPSA) is 63.7 Å². The molecule has 2 heterocycles. The summed E-state index contributed by atoms with van der Waals surface area (Å²) in [5.41, 5.74) is 1.13. The summed E-state index contributed by atoms with van der Waals surface area (Å²) in [6.45, 7) is 2.70. The van der Waals surface area contributed by atoms with Crippen LogP contribution in [0.25, 0.3) is 0 Å². The summed E-state index contributed by atoms with van der Waals surface area (Å²) >= 11 is 0. The van der Waals surface area contributed by atoms with Crippen LogP contribution in [0.15, 0.2) is 48.7 Å². The van der Waals surface area contributed by atoms with Gasteiger partial charge >= 0.3 is 0 Å². The smallest absolute Gasteiger partial charge is 0.250 e. The van der Waals surface area contributed by atoms with Gasteiger partial charge in [-0.15, -0.1) is 0 Å². The molecular weight excluding hydrogens is 306 g/mol. The summed E-state index contributed by atoms with van der Waals surface area (Å²) in [7, 11) is 1.63. The minimum Gasteiger partial charge on any atom is -0.439 e. The molecule has 0 bridgehead atoms. The molecule has 0 saturated carbocycles. The number of carbonyl (C=O) groups excluding carboxylic acids is 1. The van der Waals surface area contributed by atoms with Crippen molar-refractivity contribution < 1.29 is 14.3 Å². The number of hydrogen-bond acceptors (Lipinski definition) is 5. The fourth-order valence-corrected chi connectivity index (χ4v) is 2.66. The van der Waals surface area contributed by atoms with E-state index in [1.54, 1.807) is 13.2 Å². The largest absolute Gasteiger partial charge is 0.439 e. The highest BCUT2D eigenvalue weighted by Gasteiger charge is 2.25. The fraction of sp³-hybridized carbons (Fsp3) is 0.333. The highest BCUT2D eigenvalue weighted by atomic mass is 16.5. The first-order valence-corrected chi connectivity index (χ1v) is 7.98. The Morgan fingerprint density at radius 1 is 1.38 bits per heavy atom. The number of rotatable bonds is 5. The van der Waals surface area contributed by atoms with Crippen LogP contribution >= 0.6 is 0 Å². The number of likely N-dealkylation sites (N-methyl/N-ethyl adjacent to an activating group) is 1. The molecule has 1 aromatic carbocycles. The number of amides is 1. The minimum absolute atomic E-state index is 0.0769. The van der Waals surface area contributed by atoms with Crippen molar-refractivity contribution in [3.05, 3.63) is 54.2 Å². The van der Waals surface area contributed by atoms with Gasteiger partial charge in [0.25, 0.3) is 0 Å². The number of morpholine rings is 1.